The maximum absolute atomic E-state index is 12.6. The quantitative estimate of drug-likeness (QED) is 0.527. The molecule has 128 valence electrons. The van der Waals surface area contributed by atoms with Crippen molar-refractivity contribution in [1.82, 2.24) is 4.57 Å². The molecule has 0 atom stereocenters. The molecule has 1 heterocycles. The summed E-state index contributed by atoms with van der Waals surface area (Å²) in [5, 5.41) is 0. The highest BCUT2D eigenvalue weighted by atomic mass is 16.5. The second-order valence-electron chi connectivity index (χ2n) is 6.19. The number of carbonyl (C=O) groups excluding carboxylic acids is 2. The van der Waals surface area contributed by atoms with Crippen molar-refractivity contribution in [2.75, 3.05) is 7.11 Å². The van der Waals surface area contributed by atoms with Crippen molar-refractivity contribution in [3.8, 4) is 11.4 Å². The van der Waals surface area contributed by atoms with Gasteiger partial charge in [0, 0.05) is 28.2 Å². The molecule has 1 aliphatic rings. The Balaban J connectivity index is 1.80. The molecule has 0 fully saturated rings. The average Bonchev–Trinajstić information content (AvgIpc) is 3.15. The zero-order valence-corrected chi connectivity index (χ0v) is 14.5. The van der Waals surface area contributed by atoms with E-state index in [1.54, 1.807) is 37.5 Å². The van der Waals surface area contributed by atoms with Crippen LogP contribution in [0.15, 0.2) is 66.2 Å². The van der Waals surface area contributed by atoms with Gasteiger partial charge < -0.3 is 9.30 Å². The summed E-state index contributed by atoms with van der Waals surface area (Å²) in [7, 11) is 1.63. The number of hydrogen-bond donors (Lipinski definition) is 0. The van der Waals surface area contributed by atoms with Crippen LogP contribution in [0.5, 0.6) is 5.75 Å². The van der Waals surface area contributed by atoms with Crippen molar-refractivity contribution >= 4 is 17.6 Å². The van der Waals surface area contributed by atoms with Gasteiger partial charge in [0.15, 0.2) is 11.6 Å². The number of aromatic nitrogens is 1. The standard InChI is InChI=1S/C22H17NO3/c1-14-7-8-16(23(14)15-9-11-17(26-2)12-10-15)13-20-21(24)18-5-3-4-6-19(18)22(20)25/h3-13H,1-2H3. The van der Waals surface area contributed by atoms with Crippen LogP contribution in [0.1, 0.15) is 32.1 Å². The van der Waals surface area contributed by atoms with E-state index in [1.807, 2.05) is 47.9 Å². The van der Waals surface area contributed by atoms with Gasteiger partial charge in [0.05, 0.1) is 12.7 Å². The minimum absolute atomic E-state index is 0.207. The first-order valence-corrected chi connectivity index (χ1v) is 8.33. The molecule has 0 amide bonds. The van der Waals surface area contributed by atoms with E-state index in [4.69, 9.17) is 4.74 Å². The lowest BCUT2D eigenvalue weighted by Crippen LogP contribution is -2.03. The monoisotopic (exact) mass is 343 g/mol. The van der Waals surface area contributed by atoms with Crippen LogP contribution in [0.3, 0.4) is 0 Å². The van der Waals surface area contributed by atoms with E-state index >= 15 is 0 Å². The Kier molecular flexibility index (Phi) is 3.81. The molecule has 0 saturated heterocycles. The Morgan fingerprint density at radius 1 is 0.846 bits per heavy atom. The molecule has 3 aromatic rings. The Morgan fingerprint density at radius 2 is 1.46 bits per heavy atom. The van der Waals surface area contributed by atoms with E-state index in [1.165, 1.54) is 0 Å². The molecule has 0 radical (unpaired) electrons. The molecular weight excluding hydrogens is 326 g/mol. The molecule has 0 unspecified atom stereocenters. The zero-order chi connectivity index (χ0) is 18.3. The number of Topliss-reactive ketones (excluding diaryl/α,β-unsaturated/α-hetero) is 2. The summed E-state index contributed by atoms with van der Waals surface area (Å²) in [4.78, 5) is 25.3. The summed E-state index contributed by atoms with van der Waals surface area (Å²) in [5.74, 6) is 0.339. The summed E-state index contributed by atoms with van der Waals surface area (Å²) < 4.78 is 7.22. The fourth-order valence-electron chi connectivity index (χ4n) is 3.31. The van der Waals surface area contributed by atoms with Gasteiger partial charge in [0.1, 0.15) is 5.75 Å². The lowest BCUT2D eigenvalue weighted by molar-refractivity contribution is 0.0990. The lowest BCUT2D eigenvalue weighted by Gasteiger charge is -2.11. The first-order chi connectivity index (χ1) is 12.6. The van der Waals surface area contributed by atoms with Crippen LogP contribution in [-0.2, 0) is 0 Å². The van der Waals surface area contributed by atoms with Crippen LogP contribution in [0, 0.1) is 6.92 Å². The number of methoxy groups -OCH3 is 1. The molecule has 0 saturated carbocycles. The maximum Gasteiger partial charge on any atom is 0.197 e. The summed E-state index contributed by atoms with van der Waals surface area (Å²) >= 11 is 0. The molecule has 0 aliphatic heterocycles. The van der Waals surface area contributed by atoms with Crippen LogP contribution in [0.2, 0.25) is 0 Å². The van der Waals surface area contributed by atoms with Gasteiger partial charge in [0.2, 0.25) is 0 Å². The molecule has 4 nitrogen and oxygen atoms in total. The van der Waals surface area contributed by atoms with Gasteiger partial charge in [-0.3, -0.25) is 9.59 Å². The van der Waals surface area contributed by atoms with Gasteiger partial charge in [-0.25, -0.2) is 0 Å². The molecule has 1 aliphatic carbocycles. The number of carbonyl (C=O) groups is 2. The van der Waals surface area contributed by atoms with Crippen molar-refractivity contribution in [1.29, 1.82) is 0 Å². The van der Waals surface area contributed by atoms with Crippen LogP contribution in [0.25, 0.3) is 11.8 Å². The summed E-state index contributed by atoms with van der Waals surface area (Å²) in [5.41, 5.74) is 3.90. The number of ketones is 2. The SMILES string of the molecule is COc1ccc(-n2c(C)ccc2C=C2C(=O)c3ccccc3C2=O)cc1. The molecule has 0 spiro atoms. The minimum atomic E-state index is -0.217. The van der Waals surface area contributed by atoms with Gasteiger partial charge in [0.25, 0.3) is 0 Å². The number of rotatable bonds is 3. The number of aryl methyl sites for hydroxylation is 1. The van der Waals surface area contributed by atoms with E-state index in [9.17, 15) is 9.59 Å². The van der Waals surface area contributed by atoms with Gasteiger partial charge in [-0.15, -0.1) is 0 Å². The lowest BCUT2D eigenvalue weighted by atomic mass is 10.1. The van der Waals surface area contributed by atoms with Gasteiger partial charge in [-0.05, 0) is 49.4 Å². The highest BCUT2D eigenvalue weighted by Crippen LogP contribution is 2.29. The first kappa shape index (κ1) is 16.1. The number of fused-ring (bicyclic) bond motifs is 1. The van der Waals surface area contributed by atoms with Crippen molar-refractivity contribution in [2.24, 2.45) is 0 Å². The topological polar surface area (TPSA) is 48.3 Å². The zero-order valence-electron chi connectivity index (χ0n) is 14.5. The first-order valence-electron chi connectivity index (χ1n) is 8.33. The Hall–Kier alpha value is -3.40. The predicted molar refractivity (Wildman–Crippen MR) is 100 cm³/mol. The third-order valence-electron chi connectivity index (χ3n) is 4.63. The van der Waals surface area contributed by atoms with Crippen molar-refractivity contribution in [3.63, 3.8) is 0 Å². The van der Waals surface area contributed by atoms with Crippen LogP contribution in [-0.4, -0.2) is 23.2 Å². The molecule has 1 aromatic heterocycles. The molecule has 0 N–H and O–H groups in total. The third-order valence-corrected chi connectivity index (χ3v) is 4.63. The van der Waals surface area contributed by atoms with E-state index < -0.39 is 0 Å². The molecule has 0 bridgehead atoms. The van der Waals surface area contributed by atoms with E-state index in [2.05, 4.69) is 0 Å². The number of allylic oxidation sites excluding steroid dienone is 1. The fraction of sp³-hybridized carbons (Fsp3) is 0.0909. The second kappa shape index (κ2) is 6.15. The van der Waals surface area contributed by atoms with Crippen molar-refractivity contribution in [3.05, 3.63) is 88.8 Å². The van der Waals surface area contributed by atoms with Crippen molar-refractivity contribution in [2.45, 2.75) is 6.92 Å². The predicted octanol–water partition coefficient (Wildman–Crippen LogP) is 4.26. The Bertz CT molecular complexity index is 1020. The molecule has 4 rings (SSSR count). The highest BCUT2D eigenvalue weighted by Gasteiger charge is 2.32. The van der Waals surface area contributed by atoms with Crippen molar-refractivity contribution < 1.29 is 14.3 Å². The maximum atomic E-state index is 12.6. The van der Waals surface area contributed by atoms with Crippen LogP contribution >= 0.6 is 0 Å². The number of hydrogen-bond acceptors (Lipinski definition) is 3. The summed E-state index contributed by atoms with van der Waals surface area (Å²) in [6, 6.07) is 18.5. The molecular formula is C22H17NO3. The normalized spacial score (nSPS) is 13.1. The van der Waals surface area contributed by atoms with Gasteiger partial charge in [-0.1, -0.05) is 24.3 Å². The Labute approximate surface area is 151 Å². The fourth-order valence-corrected chi connectivity index (χ4v) is 3.31. The van der Waals surface area contributed by atoms with E-state index in [0.717, 1.165) is 22.8 Å². The molecule has 2 aromatic carbocycles. The number of ether oxygens (including phenoxy) is 1. The van der Waals surface area contributed by atoms with E-state index in [-0.39, 0.29) is 17.1 Å². The largest absolute Gasteiger partial charge is 0.497 e. The van der Waals surface area contributed by atoms with Gasteiger partial charge in [-0.2, -0.15) is 0 Å². The van der Waals surface area contributed by atoms with Crippen LogP contribution in [0.4, 0.5) is 0 Å². The summed E-state index contributed by atoms with van der Waals surface area (Å²) in [6.07, 6.45) is 1.68. The van der Waals surface area contributed by atoms with Crippen LogP contribution < -0.4 is 4.74 Å². The average molecular weight is 343 g/mol. The molecule has 4 heteroatoms. The van der Waals surface area contributed by atoms with E-state index in [0.29, 0.717) is 11.1 Å². The Morgan fingerprint density at radius 3 is 2.04 bits per heavy atom. The van der Waals surface area contributed by atoms with Gasteiger partial charge >= 0.3 is 0 Å². The minimum Gasteiger partial charge on any atom is -0.497 e. The second-order valence-corrected chi connectivity index (χ2v) is 6.19. The highest BCUT2D eigenvalue weighted by molar-refractivity contribution is 6.41. The number of benzene rings is 2. The third kappa shape index (κ3) is 2.47. The number of nitrogens with zero attached hydrogens (tertiary/aromatic N) is 1. The molecule has 26 heavy (non-hydrogen) atoms. The summed E-state index contributed by atoms with van der Waals surface area (Å²) in [6.45, 7) is 1.99. The smallest absolute Gasteiger partial charge is 0.197 e.